The van der Waals surface area contributed by atoms with Gasteiger partial charge >= 0.3 is 0 Å². The molecule has 2 aromatic carbocycles. The Morgan fingerprint density at radius 3 is 2.08 bits per heavy atom. The molecule has 26 heavy (non-hydrogen) atoms. The molecule has 0 radical (unpaired) electrons. The first-order valence-electron chi connectivity index (χ1n) is 9.14. The fourth-order valence-corrected chi connectivity index (χ4v) is 3.82. The molecule has 0 spiro atoms. The third-order valence-corrected chi connectivity index (χ3v) is 5.23. The number of piperazine rings is 1. The number of hydrogen-bond acceptors (Lipinski definition) is 4. The lowest BCUT2D eigenvalue weighted by molar-refractivity contribution is -0.123. The van der Waals surface area contributed by atoms with Crippen molar-refractivity contribution in [2.45, 2.75) is 19.0 Å². The molecule has 2 aliphatic heterocycles. The van der Waals surface area contributed by atoms with Gasteiger partial charge in [-0.05, 0) is 17.7 Å². The van der Waals surface area contributed by atoms with Crippen LogP contribution in [0.5, 0.6) is 0 Å². The van der Waals surface area contributed by atoms with Gasteiger partial charge in [-0.25, -0.2) is 4.90 Å². The van der Waals surface area contributed by atoms with Gasteiger partial charge in [0.1, 0.15) is 0 Å². The molecular formula is C21H23N3O2. The zero-order chi connectivity index (χ0) is 17.9. The van der Waals surface area contributed by atoms with Gasteiger partial charge in [-0.15, -0.1) is 0 Å². The van der Waals surface area contributed by atoms with Crippen LogP contribution in [0.15, 0.2) is 60.7 Å². The van der Waals surface area contributed by atoms with E-state index < -0.39 is 0 Å². The first-order chi connectivity index (χ1) is 12.7. The van der Waals surface area contributed by atoms with Crippen molar-refractivity contribution in [1.29, 1.82) is 0 Å². The maximum atomic E-state index is 12.8. The van der Waals surface area contributed by atoms with Crippen LogP contribution in [0.3, 0.4) is 0 Å². The quantitative estimate of drug-likeness (QED) is 0.794. The van der Waals surface area contributed by atoms with Crippen molar-refractivity contribution in [2.24, 2.45) is 0 Å². The number of imide groups is 1. The Balaban J connectivity index is 1.37. The van der Waals surface area contributed by atoms with E-state index >= 15 is 0 Å². The highest BCUT2D eigenvalue weighted by Gasteiger charge is 2.43. The lowest BCUT2D eigenvalue weighted by Gasteiger charge is -2.37. The molecule has 2 saturated heterocycles. The minimum Gasteiger partial charge on any atom is -0.297 e. The van der Waals surface area contributed by atoms with Crippen molar-refractivity contribution in [3.8, 4) is 0 Å². The fourth-order valence-electron chi connectivity index (χ4n) is 3.82. The number of nitrogens with zero attached hydrogens (tertiary/aromatic N) is 3. The smallest absolute Gasteiger partial charge is 0.251 e. The van der Waals surface area contributed by atoms with E-state index in [0.717, 1.165) is 32.7 Å². The molecule has 2 fully saturated rings. The number of benzene rings is 2. The molecule has 5 nitrogen and oxygen atoms in total. The predicted molar refractivity (Wildman–Crippen MR) is 101 cm³/mol. The SMILES string of the molecule is O=C1C[C@H](N2CCN(Cc3ccccc3)CC2)C(=O)N1c1ccccc1. The average Bonchev–Trinajstić information content (AvgIpc) is 2.98. The average molecular weight is 349 g/mol. The number of hydrogen-bond donors (Lipinski definition) is 0. The van der Waals surface area contributed by atoms with Gasteiger partial charge in [-0.3, -0.25) is 19.4 Å². The van der Waals surface area contributed by atoms with E-state index in [2.05, 4.69) is 34.1 Å². The highest BCUT2D eigenvalue weighted by atomic mass is 16.2. The molecule has 2 amide bonds. The van der Waals surface area contributed by atoms with Crippen LogP contribution >= 0.6 is 0 Å². The van der Waals surface area contributed by atoms with E-state index in [9.17, 15) is 9.59 Å². The molecule has 2 aromatic rings. The number of anilines is 1. The van der Waals surface area contributed by atoms with Crippen LogP contribution < -0.4 is 4.90 Å². The number of carbonyl (C=O) groups is 2. The van der Waals surface area contributed by atoms with Crippen molar-refractivity contribution in [1.82, 2.24) is 9.80 Å². The lowest BCUT2D eigenvalue weighted by atomic mass is 10.1. The Morgan fingerprint density at radius 1 is 0.808 bits per heavy atom. The van der Waals surface area contributed by atoms with Crippen molar-refractivity contribution >= 4 is 17.5 Å². The normalized spacial score (nSPS) is 22.2. The Labute approximate surface area is 153 Å². The molecular weight excluding hydrogens is 326 g/mol. The van der Waals surface area contributed by atoms with Crippen molar-refractivity contribution < 1.29 is 9.59 Å². The van der Waals surface area contributed by atoms with E-state index in [1.54, 1.807) is 0 Å². The summed E-state index contributed by atoms with van der Waals surface area (Å²) in [5.41, 5.74) is 1.98. The second-order valence-corrected chi connectivity index (χ2v) is 6.92. The standard InChI is InChI=1S/C21H23N3O2/c25-20-15-19(21(26)24(20)18-9-5-2-6-10-18)23-13-11-22(12-14-23)16-17-7-3-1-4-8-17/h1-10,19H,11-16H2/t19-/m0/s1. The van der Waals surface area contributed by atoms with Gasteiger partial charge in [-0.2, -0.15) is 0 Å². The molecule has 0 aliphatic carbocycles. The summed E-state index contributed by atoms with van der Waals surface area (Å²) in [4.78, 5) is 31.2. The Morgan fingerprint density at radius 2 is 1.42 bits per heavy atom. The Bertz CT molecular complexity index is 770. The summed E-state index contributed by atoms with van der Waals surface area (Å²) < 4.78 is 0. The maximum absolute atomic E-state index is 12.8. The highest BCUT2D eigenvalue weighted by Crippen LogP contribution is 2.26. The van der Waals surface area contributed by atoms with Gasteiger partial charge in [0.05, 0.1) is 18.2 Å². The molecule has 4 rings (SSSR count). The van der Waals surface area contributed by atoms with Crippen molar-refractivity contribution in [3.05, 3.63) is 66.2 Å². The summed E-state index contributed by atoms with van der Waals surface area (Å²) in [7, 11) is 0. The van der Waals surface area contributed by atoms with Gasteiger partial charge in [-0.1, -0.05) is 48.5 Å². The molecule has 1 atom stereocenters. The van der Waals surface area contributed by atoms with Crippen LogP contribution in [-0.2, 0) is 16.1 Å². The second-order valence-electron chi connectivity index (χ2n) is 6.92. The minimum atomic E-state index is -0.318. The van der Waals surface area contributed by atoms with Crippen molar-refractivity contribution in [2.75, 3.05) is 31.1 Å². The largest absolute Gasteiger partial charge is 0.297 e. The summed E-state index contributed by atoms with van der Waals surface area (Å²) >= 11 is 0. The zero-order valence-corrected chi connectivity index (χ0v) is 14.8. The molecule has 134 valence electrons. The monoisotopic (exact) mass is 349 g/mol. The van der Waals surface area contributed by atoms with Crippen molar-refractivity contribution in [3.63, 3.8) is 0 Å². The Hall–Kier alpha value is -2.50. The topological polar surface area (TPSA) is 43.9 Å². The minimum absolute atomic E-state index is 0.0855. The van der Waals surface area contributed by atoms with E-state index in [1.807, 2.05) is 36.4 Å². The van der Waals surface area contributed by atoms with Gasteiger partial charge in [0, 0.05) is 32.7 Å². The van der Waals surface area contributed by atoms with E-state index in [-0.39, 0.29) is 24.3 Å². The zero-order valence-electron chi connectivity index (χ0n) is 14.8. The van der Waals surface area contributed by atoms with Crippen LogP contribution in [0.25, 0.3) is 0 Å². The van der Waals surface area contributed by atoms with E-state index in [4.69, 9.17) is 0 Å². The molecule has 0 saturated carbocycles. The van der Waals surface area contributed by atoms with Crippen LogP contribution in [-0.4, -0.2) is 53.8 Å². The molecule has 0 unspecified atom stereocenters. The van der Waals surface area contributed by atoms with Gasteiger partial charge < -0.3 is 0 Å². The lowest BCUT2D eigenvalue weighted by Crippen LogP contribution is -2.52. The van der Waals surface area contributed by atoms with E-state index in [0.29, 0.717) is 5.69 Å². The third kappa shape index (κ3) is 3.41. The molecule has 2 aliphatic rings. The summed E-state index contributed by atoms with van der Waals surface area (Å²) in [5.74, 6) is -0.185. The van der Waals surface area contributed by atoms with Gasteiger partial charge in [0.25, 0.3) is 5.91 Å². The summed E-state index contributed by atoms with van der Waals surface area (Å²) in [5, 5.41) is 0. The summed E-state index contributed by atoms with van der Waals surface area (Å²) in [6.07, 6.45) is 0.284. The first kappa shape index (κ1) is 16.9. The highest BCUT2D eigenvalue weighted by molar-refractivity contribution is 6.22. The number of para-hydroxylation sites is 1. The molecule has 0 aromatic heterocycles. The number of rotatable bonds is 4. The summed E-state index contributed by atoms with van der Waals surface area (Å²) in [6.45, 7) is 4.40. The molecule has 0 bridgehead atoms. The molecule has 0 N–H and O–H groups in total. The fraction of sp³-hybridized carbons (Fsp3) is 0.333. The van der Waals surface area contributed by atoms with Crippen LogP contribution in [0.4, 0.5) is 5.69 Å². The molecule has 5 heteroatoms. The van der Waals surface area contributed by atoms with Gasteiger partial charge in [0.15, 0.2) is 0 Å². The molecule has 2 heterocycles. The predicted octanol–water partition coefficient (Wildman–Crippen LogP) is 2.14. The van der Waals surface area contributed by atoms with Crippen LogP contribution in [0.1, 0.15) is 12.0 Å². The van der Waals surface area contributed by atoms with Crippen LogP contribution in [0, 0.1) is 0 Å². The number of amides is 2. The van der Waals surface area contributed by atoms with E-state index in [1.165, 1.54) is 10.5 Å². The maximum Gasteiger partial charge on any atom is 0.251 e. The second kappa shape index (κ2) is 7.40. The number of carbonyl (C=O) groups excluding carboxylic acids is 2. The van der Waals surface area contributed by atoms with Gasteiger partial charge in [0.2, 0.25) is 5.91 Å². The van der Waals surface area contributed by atoms with Crippen LogP contribution in [0.2, 0.25) is 0 Å². The third-order valence-electron chi connectivity index (χ3n) is 5.23. The Kier molecular flexibility index (Phi) is 4.82. The summed E-state index contributed by atoms with van der Waals surface area (Å²) in [6, 6.07) is 19.3. The first-order valence-corrected chi connectivity index (χ1v) is 9.14.